The van der Waals surface area contributed by atoms with Crippen LogP contribution in [-0.4, -0.2) is 65.8 Å². The molecule has 3 heterocycles. The summed E-state index contributed by atoms with van der Waals surface area (Å²) >= 11 is 0. The zero-order chi connectivity index (χ0) is 28.4. The number of sulfonamides is 1. The topological polar surface area (TPSA) is 122 Å². The molecule has 0 radical (unpaired) electrons. The van der Waals surface area contributed by atoms with E-state index in [2.05, 4.69) is 14.8 Å². The summed E-state index contributed by atoms with van der Waals surface area (Å²) in [5, 5.41) is 4.45. The lowest BCUT2D eigenvalue weighted by molar-refractivity contribution is 0.297. The molecule has 0 bridgehead atoms. The Labute approximate surface area is 216 Å². The third-order valence-electron chi connectivity index (χ3n) is 6.37. The molecule has 1 unspecified atom stereocenters. The number of benzene rings is 1. The van der Waals surface area contributed by atoms with E-state index in [-0.39, 0.29) is 28.9 Å². The van der Waals surface area contributed by atoms with Crippen molar-refractivity contribution in [2.45, 2.75) is 63.3 Å². The predicted octanol–water partition coefficient (Wildman–Crippen LogP) is 2.83. The lowest BCUT2D eigenvalue weighted by Crippen LogP contribution is -2.31. The van der Waals surface area contributed by atoms with Gasteiger partial charge in [0.2, 0.25) is 10.0 Å². The van der Waals surface area contributed by atoms with Crippen molar-refractivity contribution < 1.29 is 17.3 Å². The molecule has 0 aliphatic carbocycles. The van der Waals surface area contributed by atoms with E-state index >= 15 is 0 Å². The van der Waals surface area contributed by atoms with Gasteiger partial charge in [0.05, 0.1) is 22.8 Å². The van der Waals surface area contributed by atoms with Gasteiger partial charge in [0.15, 0.2) is 5.52 Å². The molecule has 1 aliphatic rings. The molecule has 1 saturated heterocycles. The number of aromatic nitrogens is 4. The Balaban J connectivity index is 1.65. The molecule has 1 fully saturated rings. The molecule has 1 aromatic carbocycles. The summed E-state index contributed by atoms with van der Waals surface area (Å²) in [5.41, 5.74) is 1.49. The summed E-state index contributed by atoms with van der Waals surface area (Å²) in [6.45, 7) is 2.75. The summed E-state index contributed by atoms with van der Waals surface area (Å²) in [7, 11) is -2.25. The summed E-state index contributed by atoms with van der Waals surface area (Å²) in [6.07, 6.45) is 4.07. The van der Waals surface area contributed by atoms with Crippen molar-refractivity contribution in [3.8, 4) is 17.1 Å². The molecule has 36 heavy (non-hydrogen) atoms. The summed E-state index contributed by atoms with van der Waals surface area (Å²) in [6, 6.07) is 4.24. The van der Waals surface area contributed by atoms with Gasteiger partial charge in [-0.1, -0.05) is 20.3 Å². The van der Waals surface area contributed by atoms with Gasteiger partial charge in [0, 0.05) is 23.7 Å². The predicted molar refractivity (Wildman–Crippen MR) is 140 cm³/mol. The van der Waals surface area contributed by atoms with Gasteiger partial charge in [-0.2, -0.15) is 5.10 Å². The fourth-order valence-corrected chi connectivity index (χ4v) is 5.63. The van der Waals surface area contributed by atoms with Crippen LogP contribution < -0.4 is 15.0 Å². The third-order valence-corrected chi connectivity index (χ3v) is 7.83. The van der Waals surface area contributed by atoms with Crippen molar-refractivity contribution in [1.82, 2.24) is 29.4 Å². The Morgan fingerprint density at radius 2 is 2.14 bits per heavy atom. The molecule has 0 spiro atoms. The highest BCUT2D eigenvalue weighted by Crippen LogP contribution is 2.31. The van der Waals surface area contributed by atoms with Crippen LogP contribution in [0.1, 0.15) is 55.8 Å². The van der Waals surface area contributed by atoms with Gasteiger partial charge in [-0.25, -0.2) is 18.1 Å². The lowest BCUT2D eigenvalue weighted by atomic mass is 10.1. The number of hydrogen-bond acceptors (Lipinski definition) is 7. The van der Waals surface area contributed by atoms with Crippen molar-refractivity contribution in [2.24, 2.45) is 7.05 Å². The Bertz CT molecular complexity index is 1490. The molecular formula is C25H36N6O4S. The van der Waals surface area contributed by atoms with Crippen molar-refractivity contribution in [3.05, 3.63) is 34.2 Å². The Kier molecular flexibility index (Phi) is 6.92. The minimum absolute atomic E-state index is 0.0110. The van der Waals surface area contributed by atoms with Gasteiger partial charge in [0.25, 0.3) is 5.56 Å². The Hall–Kier alpha value is -2.76. The van der Waals surface area contributed by atoms with Gasteiger partial charge in [-0.15, -0.1) is 0 Å². The summed E-state index contributed by atoms with van der Waals surface area (Å²) in [4.78, 5) is 21.9. The van der Waals surface area contributed by atoms with Crippen LogP contribution in [0, 0.1) is 0 Å². The fraction of sp³-hybridized carbons (Fsp3) is 0.560. The second-order valence-corrected chi connectivity index (χ2v) is 10.9. The minimum atomic E-state index is -3.94. The Morgan fingerprint density at radius 3 is 2.89 bits per heavy atom. The maximum atomic E-state index is 13.2. The van der Waals surface area contributed by atoms with Gasteiger partial charge >= 0.3 is 0 Å². The van der Waals surface area contributed by atoms with E-state index < -0.39 is 17.0 Å². The molecule has 11 heteroatoms. The van der Waals surface area contributed by atoms with Crippen molar-refractivity contribution in [2.75, 3.05) is 26.7 Å². The zero-order valence-electron chi connectivity index (χ0n) is 24.0. The maximum Gasteiger partial charge on any atom is 0.277 e. The first-order valence-electron chi connectivity index (χ1n) is 14.0. The molecule has 196 valence electrons. The molecule has 4 rings (SSSR count). The summed E-state index contributed by atoms with van der Waals surface area (Å²) < 4.78 is 59.6. The number of H-pyrrole nitrogens is 1. The van der Waals surface area contributed by atoms with Crippen molar-refractivity contribution in [3.63, 3.8) is 0 Å². The number of nitrogens with zero attached hydrogens (tertiary/aromatic N) is 4. The van der Waals surface area contributed by atoms with E-state index in [1.807, 2.05) is 13.8 Å². The Morgan fingerprint density at radius 1 is 1.31 bits per heavy atom. The monoisotopic (exact) mass is 519 g/mol. The molecule has 1 atom stereocenters. The van der Waals surface area contributed by atoms with Crippen LogP contribution in [0.25, 0.3) is 22.4 Å². The van der Waals surface area contributed by atoms with E-state index in [9.17, 15) is 13.2 Å². The minimum Gasteiger partial charge on any atom is -0.493 e. The first-order chi connectivity index (χ1) is 18.5. The first-order valence-corrected chi connectivity index (χ1v) is 13.9. The smallest absolute Gasteiger partial charge is 0.277 e. The van der Waals surface area contributed by atoms with Gasteiger partial charge < -0.3 is 14.6 Å². The van der Waals surface area contributed by atoms with Crippen LogP contribution in [-0.2, 0) is 23.5 Å². The maximum absolute atomic E-state index is 13.2. The highest BCUT2D eigenvalue weighted by molar-refractivity contribution is 7.89. The molecule has 2 aromatic heterocycles. The van der Waals surface area contributed by atoms with E-state index in [4.69, 9.17) is 13.8 Å². The van der Waals surface area contributed by atoms with Crippen LogP contribution in [0.2, 0.25) is 0 Å². The number of aryl methyl sites for hydroxylation is 2. The van der Waals surface area contributed by atoms with E-state index in [1.54, 1.807) is 13.1 Å². The zero-order valence-corrected chi connectivity index (χ0v) is 21.8. The molecule has 0 saturated carbocycles. The van der Waals surface area contributed by atoms with Gasteiger partial charge in [-0.05, 0) is 63.8 Å². The number of ether oxygens (including phenoxy) is 1. The van der Waals surface area contributed by atoms with E-state index in [0.717, 1.165) is 19.3 Å². The average Bonchev–Trinajstić information content (AvgIpc) is 3.47. The average molecular weight is 520 g/mol. The number of nitrogens with one attached hydrogen (secondary N) is 2. The fourth-order valence-electron chi connectivity index (χ4n) is 4.56. The molecular weight excluding hydrogens is 480 g/mol. The van der Waals surface area contributed by atoms with Crippen LogP contribution in [0.4, 0.5) is 0 Å². The normalized spacial score (nSPS) is 18.3. The second kappa shape index (κ2) is 11.1. The molecule has 3 aromatic rings. The number of hydrogen-bond donors (Lipinski definition) is 2. The highest BCUT2D eigenvalue weighted by atomic mass is 32.2. The van der Waals surface area contributed by atoms with E-state index in [1.165, 1.54) is 21.7 Å². The highest BCUT2D eigenvalue weighted by Gasteiger charge is 2.23. The lowest BCUT2D eigenvalue weighted by Gasteiger charge is -2.19. The first kappa shape index (κ1) is 22.4. The van der Waals surface area contributed by atoms with Crippen LogP contribution in [0.15, 0.2) is 27.9 Å². The number of fused-ring (bicyclic) bond motifs is 1. The number of aromatic amines is 1. The molecule has 2 N–H and O–H groups in total. The van der Waals surface area contributed by atoms with Crippen LogP contribution >= 0.6 is 0 Å². The number of likely N-dealkylation sites (tertiary alicyclic amines) is 1. The molecule has 0 amide bonds. The molecule has 10 nitrogen and oxygen atoms in total. The van der Waals surface area contributed by atoms with Crippen molar-refractivity contribution >= 4 is 21.1 Å². The van der Waals surface area contributed by atoms with E-state index in [0.29, 0.717) is 60.5 Å². The van der Waals surface area contributed by atoms with Crippen LogP contribution in [0.5, 0.6) is 5.75 Å². The number of rotatable bonds is 11. The quantitative estimate of drug-likeness (QED) is 0.399. The standard InChI is InChI=1S/C25H36N6O4S/c1-5-8-20-22-23(31(4)29-20)25(32)28-24(27-22)19-16-18(10-11-21(19)35-15-6-2)36(33,34)26-13-12-17-9-7-14-30(17)3/h10-11,16-17,26H,5-9,12-15H2,1-4H3,(H,27,28,32)/i3D3. The molecule has 1 aliphatic heterocycles. The van der Waals surface area contributed by atoms with Crippen LogP contribution in [0.3, 0.4) is 0 Å². The summed E-state index contributed by atoms with van der Waals surface area (Å²) in [5.74, 6) is 0.596. The largest absolute Gasteiger partial charge is 0.493 e. The van der Waals surface area contributed by atoms with Gasteiger partial charge in [-0.3, -0.25) is 9.48 Å². The van der Waals surface area contributed by atoms with Gasteiger partial charge in [0.1, 0.15) is 17.1 Å². The van der Waals surface area contributed by atoms with Crippen molar-refractivity contribution in [1.29, 1.82) is 0 Å². The second-order valence-electron chi connectivity index (χ2n) is 9.11. The SMILES string of the molecule is [2H]C([2H])([2H])N1CCCC1CCNS(=O)(=O)c1ccc(OCCC)c(-c2nc3c(CCC)nn(C)c3c(=O)[nH]2)c1. The third kappa shape index (κ3) is 5.47.